The molecule has 0 aliphatic carbocycles. The zero-order valence-electron chi connectivity index (χ0n) is 6.78. The average Bonchev–Trinajstić information content (AvgIpc) is 2.56. The van der Waals surface area contributed by atoms with Crippen LogP contribution in [0.4, 0.5) is 0 Å². The molecule has 13 heavy (non-hydrogen) atoms. The largest absolute Gasteiger partial charge is 0.320 e. The Kier molecular flexibility index (Phi) is 1.55. The van der Waals surface area contributed by atoms with Crippen molar-refractivity contribution in [1.29, 1.82) is 0 Å². The van der Waals surface area contributed by atoms with Crippen molar-refractivity contribution in [3.05, 3.63) is 45.0 Å². The number of nitrogens with zero attached hydrogens (tertiary/aromatic N) is 2. The monoisotopic (exact) mass is 174 g/mol. The molecule has 0 radical (unpaired) electrons. The summed E-state index contributed by atoms with van der Waals surface area (Å²) >= 11 is 0. The van der Waals surface area contributed by atoms with Crippen LogP contribution in [0, 0.1) is 0 Å². The second-order valence-electron chi connectivity index (χ2n) is 2.72. The highest BCUT2D eigenvalue weighted by molar-refractivity contribution is 5.58. The molecule has 0 saturated carbocycles. The van der Waals surface area contributed by atoms with Crippen molar-refractivity contribution in [3.8, 4) is 11.4 Å². The van der Waals surface area contributed by atoms with E-state index in [1.807, 2.05) is 0 Å². The third-order valence-corrected chi connectivity index (χ3v) is 1.79. The molecule has 0 atom stereocenters. The first kappa shape index (κ1) is 7.79. The molecule has 0 saturated heterocycles. The number of rotatable bonds is 2. The molecule has 2 aliphatic heterocycles. The molecule has 0 N–H and O–H groups in total. The van der Waals surface area contributed by atoms with Crippen LogP contribution in [0.25, 0.3) is 11.4 Å². The first-order chi connectivity index (χ1) is 6.22. The summed E-state index contributed by atoms with van der Waals surface area (Å²) in [5, 5.41) is 0. The van der Waals surface area contributed by atoms with Gasteiger partial charge in [0.15, 0.2) is 0 Å². The Morgan fingerprint density at radius 3 is 2.77 bits per heavy atom. The highest BCUT2D eigenvalue weighted by Gasteiger charge is 2.17. The van der Waals surface area contributed by atoms with Gasteiger partial charge in [0, 0.05) is 12.1 Å². The normalized spacial score (nSPS) is 10.8. The third-order valence-electron chi connectivity index (χ3n) is 1.79. The standard InChI is InChI=1S/C9H6N2O2/c1-2-3-5-4-6-7(10-5)8(12)9(13)11-6/h2,4H,1,3H2. The minimum Gasteiger partial charge on any atom is -0.281 e. The Morgan fingerprint density at radius 1 is 1.38 bits per heavy atom. The summed E-state index contributed by atoms with van der Waals surface area (Å²) in [6, 6.07) is 1.64. The van der Waals surface area contributed by atoms with Gasteiger partial charge in [-0.2, -0.15) is 0 Å². The van der Waals surface area contributed by atoms with Crippen LogP contribution in [0.5, 0.6) is 0 Å². The number of hydrogen-bond acceptors (Lipinski definition) is 4. The minimum absolute atomic E-state index is 0.182. The van der Waals surface area contributed by atoms with Gasteiger partial charge in [-0.05, 0) is 6.07 Å². The summed E-state index contributed by atoms with van der Waals surface area (Å²) in [6.07, 6.45) is 2.27. The van der Waals surface area contributed by atoms with Crippen LogP contribution in [-0.2, 0) is 6.42 Å². The Hall–Kier alpha value is -1.84. The van der Waals surface area contributed by atoms with Crippen molar-refractivity contribution >= 4 is 0 Å². The van der Waals surface area contributed by atoms with Crippen molar-refractivity contribution < 1.29 is 0 Å². The summed E-state index contributed by atoms with van der Waals surface area (Å²) in [5.41, 5.74) is -0.0220. The van der Waals surface area contributed by atoms with Gasteiger partial charge in [0.2, 0.25) is 0 Å². The Balaban J connectivity index is 2.65. The topological polar surface area (TPSA) is 59.9 Å². The lowest BCUT2D eigenvalue weighted by Crippen LogP contribution is -2.19. The van der Waals surface area contributed by atoms with Crippen LogP contribution in [0.1, 0.15) is 5.69 Å². The van der Waals surface area contributed by atoms with Crippen LogP contribution >= 0.6 is 0 Å². The lowest BCUT2D eigenvalue weighted by Gasteiger charge is -1.81. The maximum atomic E-state index is 11.1. The molecule has 0 amide bonds. The molecule has 0 unspecified atom stereocenters. The van der Waals surface area contributed by atoms with Crippen molar-refractivity contribution in [2.75, 3.05) is 0 Å². The molecule has 0 aromatic carbocycles. The molecule has 0 fully saturated rings. The SMILES string of the molecule is C=CCc1cc2nc(=O)c(=O)c-2n1. The Labute approximate surface area is 73.6 Å². The van der Waals surface area contributed by atoms with E-state index in [-0.39, 0.29) is 5.69 Å². The van der Waals surface area contributed by atoms with Gasteiger partial charge in [-0.25, -0.2) is 9.97 Å². The number of hydrogen-bond donors (Lipinski definition) is 0. The molecule has 2 heterocycles. The number of allylic oxidation sites excluding steroid dienone is 1. The predicted octanol–water partition coefficient (Wildman–Crippen LogP) is -0.0941. The van der Waals surface area contributed by atoms with Gasteiger partial charge < -0.3 is 0 Å². The fourth-order valence-electron chi connectivity index (χ4n) is 1.23. The highest BCUT2D eigenvalue weighted by Crippen LogP contribution is 2.14. The predicted molar refractivity (Wildman–Crippen MR) is 47.5 cm³/mol. The molecule has 2 aliphatic rings. The first-order valence-corrected chi connectivity index (χ1v) is 3.80. The quantitative estimate of drug-likeness (QED) is 0.471. The Morgan fingerprint density at radius 2 is 2.15 bits per heavy atom. The molecule has 0 spiro atoms. The van der Waals surface area contributed by atoms with Gasteiger partial charge in [0.25, 0.3) is 5.43 Å². The van der Waals surface area contributed by atoms with E-state index >= 15 is 0 Å². The second kappa shape index (κ2) is 2.58. The van der Waals surface area contributed by atoms with E-state index in [0.717, 1.165) is 5.69 Å². The van der Waals surface area contributed by atoms with Gasteiger partial charge in [0.05, 0.1) is 5.69 Å². The van der Waals surface area contributed by atoms with Crippen molar-refractivity contribution in [2.24, 2.45) is 0 Å². The Bertz CT molecular complexity index is 509. The number of aromatic nitrogens is 2. The van der Waals surface area contributed by atoms with E-state index < -0.39 is 11.0 Å². The van der Waals surface area contributed by atoms with E-state index in [1.54, 1.807) is 12.1 Å². The van der Waals surface area contributed by atoms with Crippen LogP contribution in [-0.4, -0.2) is 9.97 Å². The van der Waals surface area contributed by atoms with Crippen LogP contribution in [0.2, 0.25) is 0 Å². The number of fused-ring (bicyclic) bond motifs is 1. The molecule has 64 valence electrons. The van der Waals surface area contributed by atoms with Gasteiger partial charge >= 0.3 is 5.56 Å². The van der Waals surface area contributed by atoms with E-state index in [1.165, 1.54) is 0 Å². The zero-order chi connectivity index (χ0) is 9.42. The molecule has 0 aromatic rings. The van der Waals surface area contributed by atoms with Gasteiger partial charge in [-0.3, -0.25) is 9.59 Å². The fraction of sp³-hybridized carbons (Fsp3) is 0.111. The minimum atomic E-state index is -0.720. The lowest BCUT2D eigenvalue weighted by atomic mass is 10.3. The van der Waals surface area contributed by atoms with Crippen molar-refractivity contribution in [3.63, 3.8) is 0 Å². The maximum Gasteiger partial charge on any atom is 0.320 e. The van der Waals surface area contributed by atoms with E-state index in [2.05, 4.69) is 16.5 Å². The molecular formula is C9H6N2O2. The maximum absolute atomic E-state index is 11.1. The summed E-state index contributed by atoms with van der Waals surface area (Å²) in [5.74, 6) is 0. The summed E-state index contributed by atoms with van der Waals surface area (Å²) in [6.45, 7) is 3.55. The van der Waals surface area contributed by atoms with Crippen molar-refractivity contribution in [1.82, 2.24) is 9.97 Å². The summed E-state index contributed by atoms with van der Waals surface area (Å²) in [7, 11) is 0. The van der Waals surface area contributed by atoms with Crippen molar-refractivity contribution in [2.45, 2.75) is 6.42 Å². The molecule has 4 heteroatoms. The lowest BCUT2D eigenvalue weighted by molar-refractivity contribution is 1.15. The molecule has 0 bridgehead atoms. The second-order valence-corrected chi connectivity index (χ2v) is 2.72. The summed E-state index contributed by atoms with van der Waals surface area (Å²) < 4.78 is 0. The molecule has 2 rings (SSSR count). The average molecular weight is 174 g/mol. The van der Waals surface area contributed by atoms with Crippen LogP contribution in [0.15, 0.2) is 28.3 Å². The smallest absolute Gasteiger partial charge is 0.281 e. The van der Waals surface area contributed by atoms with E-state index in [9.17, 15) is 9.59 Å². The van der Waals surface area contributed by atoms with Gasteiger partial charge in [0.1, 0.15) is 5.69 Å². The highest BCUT2D eigenvalue weighted by atomic mass is 16.2. The molecule has 4 nitrogen and oxygen atoms in total. The third kappa shape index (κ3) is 1.07. The summed E-state index contributed by atoms with van der Waals surface area (Å²) in [4.78, 5) is 29.4. The van der Waals surface area contributed by atoms with Gasteiger partial charge in [-0.15, -0.1) is 6.58 Å². The molecular weight excluding hydrogens is 168 g/mol. The molecule has 0 aromatic heterocycles. The zero-order valence-corrected chi connectivity index (χ0v) is 6.78. The van der Waals surface area contributed by atoms with E-state index in [4.69, 9.17) is 0 Å². The van der Waals surface area contributed by atoms with Crippen LogP contribution in [0.3, 0.4) is 0 Å². The van der Waals surface area contributed by atoms with Crippen LogP contribution < -0.4 is 11.0 Å². The first-order valence-electron chi connectivity index (χ1n) is 3.80. The van der Waals surface area contributed by atoms with Gasteiger partial charge in [-0.1, -0.05) is 6.08 Å². The fourth-order valence-corrected chi connectivity index (χ4v) is 1.23. The van der Waals surface area contributed by atoms with E-state index in [0.29, 0.717) is 12.1 Å².